The van der Waals surface area contributed by atoms with E-state index in [-0.39, 0.29) is 10.6 Å². The molecule has 2 aromatic carbocycles. The van der Waals surface area contributed by atoms with Crippen LogP contribution in [0.15, 0.2) is 82.0 Å². The van der Waals surface area contributed by atoms with Crippen molar-refractivity contribution in [2.45, 2.75) is 11.8 Å². The SMILES string of the molecule is CN(C)c1ccc(N=Nc2ccccn2)c(O)c1.Cc1ccc(S(=O)(=O)O)cc1. The smallest absolute Gasteiger partial charge is 0.294 e. The van der Waals surface area contributed by atoms with Crippen molar-refractivity contribution in [1.29, 1.82) is 0 Å². The van der Waals surface area contributed by atoms with Crippen molar-refractivity contribution < 1.29 is 18.1 Å². The van der Waals surface area contributed by atoms with E-state index in [4.69, 9.17) is 4.55 Å². The molecule has 3 rings (SSSR count). The molecular formula is C20H22N4O4S. The first-order valence-electron chi connectivity index (χ1n) is 8.54. The Balaban J connectivity index is 0.000000234. The lowest BCUT2D eigenvalue weighted by atomic mass is 10.2. The second-order valence-corrected chi connectivity index (χ2v) is 7.67. The van der Waals surface area contributed by atoms with Crippen LogP contribution in [-0.2, 0) is 10.1 Å². The van der Waals surface area contributed by atoms with Gasteiger partial charge in [0, 0.05) is 32.0 Å². The van der Waals surface area contributed by atoms with Crippen LogP contribution in [0.5, 0.6) is 5.75 Å². The van der Waals surface area contributed by atoms with Gasteiger partial charge in [0.2, 0.25) is 0 Å². The van der Waals surface area contributed by atoms with Crippen molar-refractivity contribution in [3.05, 3.63) is 72.4 Å². The molecule has 3 aromatic rings. The zero-order valence-electron chi connectivity index (χ0n) is 16.3. The van der Waals surface area contributed by atoms with E-state index in [9.17, 15) is 13.5 Å². The molecule has 0 spiro atoms. The maximum atomic E-state index is 10.5. The fourth-order valence-electron chi connectivity index (χ4n) is 2.10. The van der Waals surface area contributed by atoms with Crippen LogP contribution < -0.4 is 4.90 Å². The Morgan fingerprint density at radius 2 is 1.66 bits per heavy atom. The lowest BCUT2D eigenvalue weighted by molar-refractivity contribution is 0.476. The van der Waals surface area contributed by atoms with Gasteiger partial charge in [-0.2, -0.15) is 8.42 Å². The molecule has 0 aliphatic heterocycles. The average Bonchev–Trinajstić information content (AvgIpc) is 2.68. The van der Waals surface area contributed by atoms with Gasteiger partial charge in [-0.3, -0.25) is 4.55 Å². The summed E-state index contributed by atoms with van der Waals surface area (Å²) in [6.07, 6.45) is 1.64. The molecule has 0 saturated heterocycles. The molecular weight excluding hydrogens is 392 g/mol. The molecule has 8 nitrogen and oxygen atoms in total. The Hall–Kier alpha value is -3.30. The van der Waals surface area contributed by atoms with Crippen molar-refractivity contribution >= 4 is 27.3 Å². The summed E-state index contributed by atoms with van der Waals surface area (Å²) in [5.41, 5.74) is 2.29. The number of azo groups is 1. The molecule has 0 fully saturated rings. The van der Waals surface area contributed by atoms with Crippen LogP contribution in [0, 0.1) is 6.92 Å². The van der Waals surface area contributed by atoms with Crippen LogP contribution in [-0.4, -0.2) is 37.2 Å². The molecule has 0 unspecified atom stereocenters. The third kappa shape index (κ3) is 6.98. The lowest BCUT2D eigenvalue weighted by Gasteiger charge is -2.12. The van der Waals surface area contributed by atoms with E-state index in [1.165, 1.54) is 12.1 Å². The van der Waals surface area contributed by atoms with E-state index in [1.54, 1.807) is 36.5 Å². The molecule has 1 heterocycles. The van der Waals surface area contributed by atoms with E-state index in [0.717, 1.165) is 11.3 Å². The summed E-state index contributed by atoms with van der Waals surface area (Å²) >= 11 is 0. The van der Waals surface area contributed by atoms with E-state index in [2.05, 4.69) is 15.2 Å². The lowest BCUT2D eigenvalue weighted by Crippen LogP contribution is -2.07. The fraction of sp³-hybridized carbons (Fsp3) is 0.150. The third-order valence-electron chi connectivity index (χ3n) is 3.70. The van der Waals surface area contributed by atoms with Gasteiger partial charge in [-0.05, 0) is 43.3 Å². The van der Waals surface area contributed by atoms with Gasteiger partial charge in [0.15, 0.2) is 5.82 Å². The highest BCUT2D eigenvalue weighted by molar-refractivity contribution is 7.85. The molecule has 152 valence electrons. The molecule has 0 atom stereocenters. The molecule has 2 N–H and O–H groups in total. The summed E-state index contributed by atoms with van der Waals surface area (Å²) in [5, 5.41) is 17.7. The van der Waals surface area contributed by atoms with Crippen LogP contribution in [0.2, 0.25) is 0 Å². The minimum absolute atomic E-state index is 0.0666. The fourth-order valence-corrected chi connectivity index (χ4v) is 2.58. The Labute approximate surface area is 169 Å². The molecule has 1 aromatic heterocycles. The van der Waals surface area contributed by atoms with Crippen molar-refractivity contribution in [3.8, 4) is 5.75 Å². The van der Waals surface area contributed by atoms with Crippen LogP contribution >= 0.6 is 0 Å². The molecule has 0 saturated carbocycles. The molecule has 29 heavy (non-hydrogen) atoms. The number of aromatic nitrogens is 1. The topological polar surface area (TPSA) is 115 Å². The predicted molar refractivity (Wildman–Crippen MR) is 112 cm³/mol. The van der Waals surface area contributed by atoms with E-state index in [1.807, 2.05) is 44.1 Å². The number of aryl methyl sites for hydroxylation is 1. The average molecular weight is 414 g/mol. The number of aromatic hydroxyl groups is 1. The van der Waals surface area contributed by atoms with Gasteiger partial charge in [-0.25, -0.2) is 4.98 Å². The number of phenolic OH excluding ortho intramolecular Hbond substituents is 1. The van der Waals surface area contributed by atoms with Gasteiger partial charge >= 0.3 is 0 Å². The number of rotatable bonds is 4. The van der Waals surface area contributed by atoms with Gasteiger partial charge < -0.3 is 10.0 Å². The maximum Gasteiger partial charge on any atom is 0.294 e. The second-order valence-electron chi connectivity index (χ2n) is 6.24. The number of phenols is 1. The summed E-state index contributed by atoms with van der Waals surface area (Å²) in [4.78, 5) is 5.85. The molecule has 0 bridgehead atoms. The van der Waals surface area contributed by atoms with Crippen molar-refractivity contribution in [2.75, 3.05) is 19.0 Å². The summed E-state index contributed by atoms with van der Waals surface area (Å²) in [5.74, 6) is 0.606. The van der Waals surface area contributed by atoms with Crippen LogP contribution in [0.25, 0.3) is 0 Å². The van der Waals surface area contributed by atoms with Crippen LogP contribution in [0.1, 0.15) is 5.56 Å². The van der Waals surface area contributed by atoms with E-state index in [0.29, 0.717) is 11.5 Å². The quantitative estimate of drug-likeness (QED) is 0.479. The van der Waals surface area contributed by atoms with Crippen LogP contribution in [0.4, 0.5) is 17.2 Å². The highest BCUT2D eigenvalue weighted by Crippen LogP contribution is 2.31. The zero-order valence-corrected chi connectivity index (χ0v) is 17.1. The number of hydrogen-bond donors (Lipinski definition) is 2. The highest BCUT2D eigenvalue weighted by Gasteiger charge is 2.07. The first kappa shape index (κ1) is 22.0. The Kier molecular flexibility index (Phi) is 7.40. The standard InChI is InChI=1S/C13H14N4O.C7H8O3S/c1-17(2)10-6-7-11(12(18)9-10)15-16-13-5-3-4-8-14-13;1-6-2-4-7(5-3-6)11(8,9)10/h3-9,18H,1-2H3;2-5H,1H3,(H,8,9,10). The van der Waals surface area contributed by atoms with Gasteiger partial charge in [0.05, 0.1) is 4.90 Å². The third-order valence-corrected chi connectivity index (χ3v) is 4.57. The first-order valence-corrected chi connectivity index (χ1v) is 9.98. The van der Waals surface area contributed by atoms with E-state index >= 15 is 0 Å². The molecule has 0 aliphatic carbocycles. The van der Waals surface area contributed by atoms with Gasteiger partial charge in [0.1, 0.15) is 11.4 Å². The Bertz CT molecular complexity index is 1070. The van der Waals surface area contributed by atoms with Gasteiger partial charge in [-0.15, -0.1) is 10.2 Å². The van der Waals surface area contributed by atoms with Crippen molar-refractivity contribution in [2.24, 2.45) is 10.2 Å². The second kappa shape index (κ2) is 9.76. The minimum atomic E-state index is -4.02. The summed E-state index contributed by atoms with van der Waals surface area (Å²) in [7, 11) is -0.206. The maximum absolute atomic E-state index is 10.5. The monoisotopic (exact) mass is 414 g/mol. The number of pyridine rings is 1. The summed E-state index contributed by atoms with van der Waals surface area (Å²) in [6, 6.07) is 16.6. The van der Waals surface area contributed by atoms with Gasteiger partial charge in [0.25, 0.3) is 10.1 Å². The zero-order chi connectivity index (χ0) is 21.4. The Morgan fingerprint density at radius 1 is 0.966 bits per heavy atom. The predicted octanol–water partition coefficient (Wildman–Crippen LogP) is 4.51. The number of nitrogens with zero attached hydrogens (tertiary/aromatic N) is 4. The van der Waals surface area contributed by atoms with E-state index < -0.39 is 10.1 Å². The number of benzene rings is 2. The molecule has 0 aliphatic rings. The number of anilines is 1. The largest absolute Gasteiger partial charge is 0.506 e. The van der Waals surface area contributed by atoms with Gasteiger partial charge in [-0.1, -0.05) is 23.8 Å². The molecule has 0 radical (unpaired) electrons. The van der Waals surface area contributed by atoms with Crippen molar-refractivity contribution in [3.63, 3.8) is 0 Å². The molecule has 9 heteroatoms. The van der Waals surface area contributed by atoms with Crippen molar-refractivity contribution in [1.82, 2.24) is 4.98 Å². The van der Waals surface area contributed by atoms with Crippen LogP contribution in [0.3, 0.4) is 0 Å². The first-order chi connectivity index (χ1) is 13.7. The molecule has 0 amide bonds. The number of hydrogen-bond acceptors (Lipinski definition) is 7. The summed E-state index contributed by atoms with van der Waals surface area (Å²) in [6.45, 7) is 1.84. The highest BCUT2D eigenvalue weighted by atomic mass is 32.2. The Morgan fingerprint density at radius 3 is 2.17 bits per heavy atom. The minimum Gasteiger partial charge on any atom is -0.506 e. The summed E-state index contributed by atoms with van der Waals surface area (Å²) < 4.78 is 29.6. The normalized spacial score (nSPS) is 11.0.